The second-order valence-corrected chi connectivity index (χ2v) is 8.93. The number of aryl methyl sites for hydroxylation is 1. The van der Waals surface area contributed by atoms with Crippen molar-refractivity contribution in [2.24, 2.45) is 0 Å². The van der Waals surface area contributed by atoms with E-state index in [1.165, 1.54) is 17.7 Å². The minimum atomic E-state index is -4.05. The molecule has 29 heavy (non-hydrogen) atoms. The first-order valence-corrected chi connectivity index (χ1v) is 11.0. The van der Waals surface area contributed by atoms with Crippen LogP contribution in [0.3, 0.4) is 0 Å². The molecule has 1 aliphatic heterocycles. The Kier molecular flexibility index (Phi) is 6.56. The summed E-state index contributed by atoms with van der Waals surface area (Å²) >= 11 is 0. The highest BCUT2D eigenvalue weighted by Gasteiger charge is 2.40. The minimum Gasteiger partial charge on any atom is -0.489 e. The van der Waals surface area contributed by atoms with E-state index in [9.17, 15) is 23.4 Å². The van der Waals surface area contributed by atoms with Gasteiger partial charge in [0.2, 0.25) is 10.0 Å². The molecule has 0 aromatic heterocycles. The van der Waals surface area contributed by atoms with Gasteiger partial charge in [0.25, 0.3) is 0 Å². The van der Waals surface area contributed by atoms with Crippen LogP contribution in [0, 0.1) is 0 Å². The number of aliphatic hydroxyl groups is 1. The van der Waals surface area contributed by atoms with Gasteiger partial charge in [0.15, 0.2) is 0 Å². The van der Waals surface area contributed by atoms with Crippen LogP contribution in [0.1, 0.15) is 30.9 Å². The number of sulfonamides is 1. The lowest BCUT2D eigenvalue weighted by molar-refractivity contribution is -0.143. The van der Waals surface area contributed by atoms with Crippen molar-refractivity contribution in [1.82, 2.24) is 4.31 Å². The number of carboxylic acid groups (broad SMARTS) is 1. The predicted molar refractivity (Wildman–Crippen MR) is 107 cm³/mol. The summed E-state index contributed by atoms with van der Waals surface area (Å²) in [4.78, 5) is 11.4. The molecule has 7 nitrogen and oxygen atoms in total. The zero-order chi connectivity index (χ0) is 21.0. The normalized spacial score (nSPS) is 20.3. The molecule has 8 heteroatoms. The van der Waals surface area contributed by atoms with E-state index in [1.807, 2.05) is 24.3 Å². The van der Waals surface area contributed by atoms with Crippen LogP contribution >= 0.6 is 0 Å². The van der Waals surface area contributed by atoms with E-state index in [1.54, 1.807) is 12.1 Å². The van der Waals surface area contributed by atoms with Gasteiger partial charge >= 0.3 is 5.97 Å². The molecular weight excluding hydrogens is 394 g/mol. The topological polar surface area (TPSA) is 104 Å². The van der Waals surface area contributed by atoms with Gasteiger partial charge in [-0.05, 0) is 54.7 Å². The minimum absolute atomic E-state index is 0.0286. The fourth-order valence-corrected chi connectivity index (χ4v) is 5.13. The summed E-state index contributed by atoms with van der Waals surface area (Å²) in [5.41, 5.74) is 2.26. The summed E-state index contributed by atoms with van der Waals surface area (Å²) in [7, 11) is -4.05. The van der Waals surface area contributed by atoms with Crippen molar-refractivity contribution in [3.63, 3.8) is 0 Å². The van der Waals surface area contributed by atoms with E-state index in [2.05, 4.69) is 6.92 Å². The Hall–Kier alpha value is -2.42. The van der Waals surface area contributed by atoms with Gasteiger partial charge in [-0.2, -0.15) is 4.31 Å². The second-order valence-electron chi connectivity index (χ2n) is 7.04. The zero-order valence-electron chi connectivity index (χ0n) is 16.2. The molecule has 3 rings (SSSR count). The van der Waals surface area contributed by atoms with Crippen LogP contribution in [-0.4, -0.2) is 47.6 Å². The summed E-state index contributed by atoms with van der Waals surface area (Å²) in [5, 5.41) is 19.2. The Bertz CT molecular complexity index is 957. The number of benzene rings is 2. The first-order chi connectivity index (χ1) is 13.8. The number of nitrogens with zero attached hydrogens (tertiary/aromatic N) is 1. The Morgan fingerprint density at radius 2 is 1.76 bits per heavy atom. The summed E-state index contributed by atoms with van der Waals surface area (Å²) < 4.78 is 32.5. The van der Waals surface area contributed by atoms with Crippen molar-refractivity contribution in [2.75, 3.05) is 6.54 Å². The molecule has 1 fully saturated rings. The summed E-state index contributed by atoms with van der Waals surface area (Å²) in [6.45, 7) is 2.21. The molecule has 0 saturated carbocycles. The molecule has 1 aliphatic rings. The zero-order valence-corrected chi connectivity index (χ0v) is 17.0. The van der Waals surface area contributed by atoms with E-state index >= 15 is 0 Å². The molecule has 0 spiro atoms. The molecule has 1 heterocycles. The monoisotopic (exact) mass is 419 g/mol. The predicted octanol–water partition coefficient (Wildman–Crippen LogP) is 2.43. The third kappa shape index (κ3) is 4.77. The number of aliphatic carboxylic acids is 1. The maximum atomic E-state index is 12.9. The molecule has 1 saturated heterocycles. The van der Waals surface area contributed by atoms with E-state index in [0.717, 1.165) is 16.3 Å². The van der Waals surface area contributed by atoms with Crippen molar-refractivity contribution >= 4 is 16.0 Å². The number of hydrogen-bond acceptors (Lipinski definition) is 5. The van der Waals surface area contributed by atoms with E-state index in [-0.39, 0.29) is 24.3 Å². The van der Waals surface area contributed by atoms with Gasteiger partial charge in [0.1, 0.15) is 18.4 Å². The molecule has 0 radical (unpaired) electrons. The third-order valence-electron chi connectivity index (χ3n) is 5.12. The molecule has 2 N–H and O–H groups in total. The Balaban J connectivity index is 1.75. The van der Waals surface area contributed by atoms with E-state index in [0.29, 0.717) is 12.4 Å². The average Bonchev–Trinajstić information content (AvgIpc) is 2.72. The lowest BCUT2D eigenvalue weighted by atomic mass is 10.0. The molecule has 2 unspecified atom stereocenters. The number of piperidine rings is 1. The van der Waals surface area contributed by atoms with E-state index in [4.69, 9.17) is 4.74 Å². The van der Waals surface area contributed by atoms with Crippen molar-refractivity contribution < 1.29 is 28.2 Å². The second kappa shape index (κ2) is 8.94. The molecule has 2 atom stereocenters. The standard InChI is InChI=1S/C21H25NO6S/c1-2-15-5-3-4-6-16(15)14-28-18-8-10-19(11-9-18)29(26,27)22-13-17(23)7-12-20(22)21(24)25/h3-6,8-11,17,20,23H,2,7,12-14H2,1H3,(H,24,25). The van der Waals surface area contributed by atoms with Gasteiger partial charge in [-0.15, -0.1) is 0 Å². The van der Waals surface area contributed by atoms with Gasteiger partial charge in [0.05, 0.1) is 11.0 Å². The van der Waals surface area contributed by atoms with Gasteiger partial charge in [-0.3, -0.25) is 4.79 Å². The molecule has 156 valence electrons. The highest BCUT2D eigenvalue weighted by Crippen LogP contribution is 2.27. The quantitative estimate of drug-likeness (QED) is 0.714. The molecule has 2 aromatic carbocycles. The summed E-state index contributed by atoms with van der Waals surface area (Å²) in [6, 6.07) is 12.7. The average molecular weight is 419 g/mol. The van der Waals surface area contributed by atoms with Crippen LogP contribution in [0.15, 0.2) is 53.4 Å². The van der Waals surface area contributed by atoms with Crippen LogP contribution in [0.25, 0.3) is 0 Å². The Morgan fingerprint density at radius 3 is 2.38 bits per heavy atom. The third-order valence-corrected chi connectivity index (χ3v) is 7.01. The SMILES string of the molecule is CCc1ccccc1COc1ccc(S(=O)(=O)N2CC(O)CCC2C(=O)O)cc1. The molecular formula is C21H25NO6S. The number of rotatable bonds is 7. The smallest absolute Gasteiger partial charge is 0.322 e. The van der Waals surface area contributed by atoms with Crippen molar-refractivity contribution in [1.29, 1.82) is 0 Å². The van der Waals surface area contributed by atoms with Gasteiger partial charge in [-0.1, -0.05) is 31.2 Å². The summed E-state index contributed by atoms with van der Waals surface area (Å²) in [6.07, 6.45) is 0.355. The van der Waals surface area contributed by atoms with Gasteiger partial charge in [-0.25, -0.2) is 8.42 Å². The van der Waals surface area contributed by atoms with Crippen molar-refractivity contribution in [3.8, 4) is 5.75 Å². The molecule has 0 amide bonds. The van der Waals surface area contributed by atoms with Crippen molar-refractivity contribution in [3.05, 3.63) is 59.7 Å². The molecule has 2 aromatic rings. The fourth-order valence-electron chi connectivity index (χ4n) is 3.48. The first-order valence-electron chi connectivity index (χ1n) is 9.55. The largest absolute Gasteiger partial charge is 0.489 e. The fraction of sp³-hybridized carbons (Fsp3) is 0.381. The number of ether oxygens (including phenoxy) is 1. The molecule has 0 aliphatic carbocycles. The van der Waals surface area contributed by atoms with Crippen LogP contribution in [0.2, 0.25) is 0 Å². The van der Waals surface area contributed by atoms with Crippen LogP contribution in [0.5, 0.6) is 5.75 Å². The first kappa shape index (κ1) is 21.3. The van der Waals surface area contributed by atoms with Crippen LogP contribution in [-0.2, 0) is 27.8 Å². The number of aliphatic hydroxyl groups excluding tert-OH is 1. The number of carbonyl (C=O) groups is 1. The van der Waals surface area contributed by atoms with Crippen molar-refractivity contribution in [2.45, 2.75) is 49.8 Å². The number of β-amino-alcohol motifs (C(OH)–C–C–N with tert-alkyl or cyclic N) is 1. The number of carboxylic acids is 1. The highest BCUT2D eigenvalue weighted by molar-refractivity contribution is 7.89. The van der Waals surface area contributed by atoms with Gasteiger partial charge < -0.3 is 14.9 Å². The lowest BCUT2D eigenvalue weighted by Gasteiger charge is -2.34. The summed E-state index contributed by atoms with van der Waals surface area (Å²) in [5.74, 6) is -0.696. The number of hydrogen-bond donors (Lipinski definition) is 2. The van der Waals surface area contributed by atoms with Crippen LogP contribution < -0.4 is 4.74 Å². The maximum Gasteiger partial charge on any atom is 0.322 e. The maximum absolute atomic E-state index is 12.9. The van der Waals surface area contributed by atoms with Crippen LogP contribution in [0.4, 0.5) is 0 Å². The van der Waals surface area contributed by atoms with E-state index < -0.39 is 28.1 Å². The Labute approximate surface area is 170 Å². The lowest BCUT2D eigenvalue weighted by Crippen LogP contribution is -2.51. The van der Waals surface area contributed by atoms with Gasteiger partial charge in [0, 0.05) is 6.54 Å². The molecule has 0 bridgehead atoms. The Morgan fingerprint density at radius 1 is 1.10 bits per heavy atom. The highest BCUT2D eigenvalue weighted by atomic mass is 32.2.